The van der Waals surface area contributed by atoms with Crippen molar-refractivity contribution in [1.29, 1.82) is 0 Å². The molecule has 0 aromatic carbocycles. The van der Waals surface area contributed by atoms with Crippen molar-refractivity contribution in [3.05, 3.63) is 0 Å². The van der Waals surface area contributed by atoms with Crippen molar-refractivity contribution in [1.82, 2.24) is 4.90 Å². The molecule has 5 heteroatoms. The van der Waals surface area contributed by atoms with E-state index < -0.39 is 5.41 Å². The summed E-state index contributed by atoms with van der Waals surface area (Å²) in [6, 6.07) is 0. The molecule has 0 bridgehead atoms. The molecule has 0 aromatic rings. The Morgan fingerprint density at radius 3 is 2.56 bits per heavy atom. The van der Waals surface area contributed by atoms with Gasteiger partial charge in [0.2, 0.25) is 5.91 Å². The minimum atomic E-state index is -0.681. The summed E-state index contributed by atoms with van der Waals surface area (Å²) in [4.78, 5) is 14.1. The zero-order valence-electron chi connectivity index (χ0n) is 9.65. The standard InChI is InChI=1S/C11H19N3O2/c1-2-14(7-8-3-4-8)10(15)11(5-6-11)9(12)13-16/h8,16H,2-7H2,1H3,(H2,12,13). The van der Waals surface area contributed by atoms with E-state index >= 15 is 0 Å². The van der Waals surface area contributed by atoms with E-state index in [9.17, 15) is 4.79 Å². The summed E-state index contributed by atoms with van der Waals surface area (Å²) in [7, 11) is 0. The Kier molecular flexibility index (Phi) is 2.78. The van der Waals surface area contributed by atoms with Gasteiger partial charge >= 0.3 is 0 Å². The van der Waals surface area contributed by atoms with Crippen molar-refractivity contribution >= 4 is 11.7 Å². The van der Waals surface area contributed by atoms with E-state index in [-0.39, 0.29) is 11.7 Å². The Balaban J connectivity index is 2.04. The molecule has 2 aliphatic rings. The van der Waals surface area contributed by atoms with Crippen molar-refractivity contribution in [2.24, 2.45) is 22.2 Å². The largest absolute Gasteiger partial charge is 0.409 e. The Bertz CT molecular complexity index is 319. The van der Waals surface area contributed by atoms with E-state index in [1.165, 1.54) is 12.8 Å². The zero-order chi connectivity index (χ0) is 11.8. The van der Waals surface area contributed by atoms with Crippen molar-refractivity contribution in [2.75, 3.05) is 13.1 Å². The zero-order valence-corrected chi connectivity index (χ0v) is 9.65. The van der Waals surface area contributed by atoms with E-state index in [1.807, 2.05) is 11.8 Å². The van der Waals surface area contributed by atoms with Gasteiger partial charge in [0.25, 0.3) is 0 Å². The molecule has 0 aromatic heterocycles. The Labute approximate surface area is 95.3 Å². The van der Waals surface area contributed by atoms with Crippen molar-refractivity contribution in [2.45, 2.75) is 32.6 Å². The number of rotatable bonds is 5. The molecule has 0 unspecified atom stereocenters. The molecule has 1 amide bonds. The molecule has 2 rings (SSSR count). The van der Waals surface area contributed by atoms with Crippen LogP contribution in [0.15, 0.2) is 5.16 Å². The Hall–Kier alpha value is -1.26. The van der Waals surface area contributed by atoms with Crippen LogP contribution in [0.1, 0.15) is 32.6 Å². The predicted octanol–water partition coefficient (Wildman–Crippen LogP) is 0.771. The summed E-state index contributed by atoms with van der Waals surface area (Å²) in [5.41, 5.74) is 4.92. The Morgan fingerprint density at radius 1 is 1.56 bits per heavy atom. The summed E-state index contributed by atoms with van der Waals surface area (Å²) in [5.74, 6) is 0.788. The quantitative estimate of drug-likeness (QED) is 0.314. The fraction of sp³-hybridized carbons (Fsp3) is 0.818. The third-order valence-corrected chi connectivity index (χ3v) is 3.60. The maximum atomic E-state index is 12.3. The van der Waals surface area contributed by atoms with Gasteiger partial charge in [-0.1, -0.05) is 5.16 Å². The minimum Gasteiger partial charge on any atom is -0.409 e. The molecule has 3 N–H and O–H groups in total. The first-order chi connectivity index (χ1) is 7.64. The predicted molar refractivity (Wildman–Crippen MR) is 60.1 cm³/mol. The second-order valence-electron chi connectivity index (χ2n) is 4.85. The molecule has 90 valence electrons. The first kappa shape index (κ1) is 11.2. The van der Waals surface area contributed by atoms with Crippen LogP contribution in [0.5, 0.6) is 0 Å². The number of carbonyl (C=O) groups is 1. The average molecular weight is 225 g/mol. The molecule has 0 aliphatic heterocycles. The molecular formula is C11H19N3O2. The normalized spacial score (nSPS) is 22.9. The lowest BCUT2D eigenvalue weighted by Crippen LogP contribution is -2.44. The number of amides is 1. The van der Waals surface area contributed by atoms with Crippen LogP contribution >= 0.6 is 0 Å². The smallest absolute Gasteiger partial charge is 0.236 e. The van der Waals surface area contributed by atoms with Crippen molar-refractivity contribution < 1.29 is 10.0 Å². The van der Waals surface area contributed by atoms with Crippen molar-refractivity contribution in [3.63, 3.8) is 0 Å². The van der Waals surface area contributed by atoms with Crippen LogP contribution in [0.3, 0.4) is 0 Å². The van der Waals surface area contributed by atoms with Crippen LogP contribution in [0.2, 0.25) is 0 Å². The van der Waals surface area contributed by atoms with Gasteiger partial charge in [-0.15, -0.1) is 0 Å². The fourth-order valence-electron chi connectivity index (χ4n) is 2.07. The molecule has 2 saturated carbocycles. The average Bonchev–Trinajstić information content (AvgIpc) is 3.17. The van der Waals surface area contributed by atoms with Gasteiger partial charge in [-0.05, 0) is 38.5 Å². The molecule has 0 atom stereocenters. The highest BCUT2D eigenvalue weighted by atomic mass is 16.4. The number of amidine groups is 1. The van der Waals surface area contributed by atoms with E-state index in [4.69, 9.17) is 10.9 Å². The van der Waals surface area contributed by atoms with Gasteiger partial charge in [0.05, 0.1) is 0 Å². The second-order valence-corrected chi connectivity index (χ2v) is 4.85. The van der Waals surface area contributed by atoms with E-state index in [1.54, 1.807) is 0 Å². The van der Waals surface area contributed by atoms with Crippen LogP contribution in [0.25, 0.3) is 0 Å². The van der Waals surface area contributed by atoms with Crippen LogP contribution in [-0.2, 0) is 4.79 Å². The molecule has 16 heavy (non-hydrogen) atoms. The van der Waals surface area contributed by atoms with Crippen LogP contribution in [0, 0.1) is 11.3 Å². The molecule has 2 fully saturated rings. The number of hydrogen-bond donors (Lipinski definition) is 2. The minimum absolute atomic E-state index is 0.0391. The summed E-state index contributed by atoms with van der Waals surface area (Å²) in [6.07, 6.45) is 3.87. The maximum Gasteiger partial charge on any atom is 0.236 e. The molecule has 2 aliphatic carbocycles. The summed E-state index contributed by atoms with van der Waals surface area (Å²) < 4.78 is 0. The molecular weight excluding hydrogens is 206 g/mol. The highest BCUT2D eigenvalue weighted by molar-refractivity contribution is 6.09. The van der Waals surface area contributed by atoms with Crippen LogP contribution in [-0.4, -0.2) is 34.9 Å². The maximum absolute atomic E-state index is 12.3. The molecule has 5 nitrogen and oxygen atoms in total. The van der Waals surface area contributed by atoms with E-state index in [2.05, 4.69) is 5.16 Å². The summed E-state index contributed by atoms with van der Waals surface area (Å²) >= 11 is 0. The Morgan fingerprint density at radius 2 is 2.19 bits per heavy atom. The fourth-order valence-corrected chi connectivity index (χ4v) is 2.07. The lowest BCUT2D eigenvalue weighted by molar-refractivity contribution is -0.134. The highest BCUT2D eigenvalue weighted by Gasteiger charge is 2.55. The van der Waals surface area contributed by atoms with Crippen LogP contribution in [0.4, 0.5) is 0 Å². The monoisotopic (exact) mass is 225 g/mol. The summed E-state index contributed by atoms with van der Waals surface area (Å²) in [5, 5.41) is 11.7. The van der Waals surface area contributed by atoms with Gasteiger partial charge in [-0.25, -0.2) is 0 Å². The van der Waals surface area contributed by atoms with Gasteiger partial charge in [0.15, 0.2) is 5.84 Å². The van der Waals surface area contributed by atoms with Gasteiger partial charge in [-0.3, -0.25) is 4.79 Å². The van der Waals surface area contributed by atoms with Crippen molar-refractivity contribution in [3.8, 4) is 0 Å². The molecule has 0 heterocycles. The lowest BCUT2D eigenvalue weighted by Gasteiger charge is -2.25. The lowest BCUT2D eigenvalue weighted by atomic mass is 10.0. The number of hydrogen-bond acceptors (Lipinski definition) is 3. The highest BCUT2D eigenvalue weighted by Crippen LogP contribution is 2.47. The van der Waals surface area contributed by atoms with Crippen LogP contribution < -0.4 is 5.73 Å². The first-order valence-electron chi connectivity index (χ1n) is 5.91. The first-order valence-corrected chi connectivity index (χ1v) is 5.91. The van der Waals surface area contributed by atoms with E-state index in [0.29, 0.717) is 25.3 Å². The number of nitrogens with two attached hydrogens (primary N) is 1. The number of oxime groups is 1. The molecule has 0 spiro atoms. The van der Waals surface area contributed by atoms with E-state index in [0.717, 1.165) is 6.54 Å². The third-order valence-electron chi connectivity index (χ3n) is 3.60. The number of carbonyl (C=O) groups excluding carboxylic acids is 1. The summed E-state index contributed by atoms with van der Waals surface area (Å²) in [6.45, 7) is 3.51. The number of nitrogens with zero attached hydrogens (tertiary/aromatic N) is 2. The second kappa shape index (κ2) is 3.96. The van der Waals surface area contributed by atoms with Gasteiger partial charge in [0.1, 0.15) is 5.41 Å². The molecule has 0 saturated heterocycles. The topological polar surface area (TPSA) is 78.9 Å². The SMILES string of the molecule is CCN(CC1CC1)C(=O)C1(C(N)=NO)CC1. The molecule has 0 radical (unpaired) electrons. The van der Waals surface area contributed by atoms with Gasteiger partial charge in [0, 0.05) is 13.1 Å². The van der Waals surface area contributed by atoms with Gasteiger partial charge < -0.3 is 15.8 Å². The van der Waals surface area contributed by atoms with Gasteiger partial charge in [-0.2, -0.15) is 0 Å². The third kappa shape index (κ3) is 1.86.